The molecule has 15 aromatic rings. The monoisotopic (exact) mass is 898 g/mol. The summed E-state index contributed by atoms with van der Waals surface area (Å²) in [5, 5.41) is 23.1. The number of nitrogens with zero attached hydrogens (tertiary/aromatic N) is 6. The number of hydrogen-bond acceptors (Lipinski definition) is 5. The number of nitriles is 1. The number of benzene rings is 9. The van der Waals surface area contributed by atoms with Crippen molar-refractivity contribution in [2.45, 2.75) is 0 Å². The number of fused-ring (bicyclic) bond motifs is 14. The van der Waals surface area contributed by atoms with Gasteiger partial charge in [0.05, 0.1) is 61.3 Å². The highest BCUT2D eigenvalue weighted by Crippen LogP contribution is 2.55. The predicted octanol–water partition coefficient (Wildman–Crippen LogP) is 16.9. The number of hydrogen-bond donors (Lipinski definition) is 0. The quantitative estimate of drug-likeness (QED) is 0.131. The molecule has 312 valence electrons. The molecular formula is C60H30N6S2. The minimum atomic E-state index is 0.390. The van der Waals surface area contributed by atoms with Gasteiger partial charge in [0.25, 0.3) is 0 Å². The van der Waals surface area contributed by atoms with Crippen molar-refractivity contribution < 1.29 is 0 Å². The smallest absolute Gasteiger partial charge is 0.220 e. The molecule has 0 aliphatic rings. The van der Waals surface area contributed by atoms with E-state index in [1.165, 1.54) is 30.3 Å². The molecule has 15 rings (SSSR count). The van der Waals surface area contributed by atoms with Crippen LogP contribution in [-0.4, -0.2) is 19.1 Å². The Kier molecular flexibility index (Phi) is 7.58. The van der Waals surface area contributed by atoms with Crippen LogP contribution in [0.4, 0.5) is 5.69 Å². The number of rotatable bonds is 4. The van der Waals surface area contributed by atoms with Gasteiger partial charge in [-0.3, -0.25) is 9.97 Å². The topological polar surface area (TPSA) is 63.8 Å². The summed E-state index contributed by atoms with van der Waals surface area (Å²) in [6.45, 7) is 9.33. The second kappa shape index (κ2) is 13.8. The van der Waals surface area contributed by atoms with E-state index in [1.54, 1.807) is 11.3 Å². The second-order valence-electron chi connectivity index (χ2n) is 17.3. The molecule has 0 saturated carbocycles. The van der Waals surface area contributed by atoms with E-state index in [1.807, 2.05) is 60.1 Å². The highest BCUT2D eigenvalue weighted by atomic mass is 32.1. The molecular weight excluding hydrogens is 869 g/mol. The van der Waals surface area contributed by atoms with Gasteiger partial charge in [-0.25, -0.2) is 4.85 Å². The maximum Gasteiger partial charge on any atom is 0.220 e. The molecule has 0 saturated heterocycles. The SMILES string of the molecule is [C-]#[N+]c1c(-c2ccccc2)c(C#N)c(-n2c3ccc4sc5ccccc5c4c3c3ccc4c5ccccc5sc4c32)c(-c2ccccc2)c1-n1c2ccnc3c4ccccc4c4nccc1c4c32. The van der Waals surface area contributed by atoms with E-state index in [0.717, 1.165) is 97.9 Å². The molecule has 0 aliphatic carbocycles. The Morgan fingerprint density at radius 1 is 0.456 bits per heavy atom. The molecule has 0 N–H and O–H groups in total. The summed E-state index contributed by atoms with van der Waals surface area (Å²) >= 11 is 3.60. The van der Waals surface area contributed by atoms with Crippen LogP contribution in [0, 0.1) is 17.9 Å². The first-order valence-electron chi connectivity index (χ1n) is 22.4. The van der Waals surface area contributed by atoms with Crippen LogP contribution < -0.4 is 0 Å². The Morgan fingerprint density at radius 3 is 1.66 bits per heavy atom. The molecule has 8 heteroatoms. The fourth-order valence-corrected chi connectivity index (χ4v) is 13.7. The van der Waals surface area contributed by atoms with Gasteiger partial charge < -0.3 is 9.13 Å². The Hall–Kier alpha value is -8.92. The Balaban J connectivity index is 1.25. The van der Waals surface area contributed by atoms with Crippen molar-refractivity contribution in [2.75, 3.05) is 0 Å². The van der Waals surface area contributed by atoms with Gasteiger partial charge >= 0.3 is 0 Å². The lowest BCUT2D eigenvalue weighted by Crippen LogP contribution is -2.08. The fraction of sp³-hybridized carbons (Fsp3) is 0. The summed E-state index contributed by atoms with van der Waals surface area (Å²) in [4.78, 5) is 14.7. The van der Waals surface area contributed by atoms with Gasteiger partial charge in [0.15, 0.2) is 0 Å². The molecule has 9 aromatic carbocycles. The molecule has 0 amide bonds. The lowest BCUT2D eigenvalue weighted by molar-refractivity contribution is 1.14. The average molecular weight is 899 g/mol. The van der Waals surface area contributed by atoms with E-state index in [0.29, 0.717) is 22.5 Å². The van der Waals surface area contributed by atoms with Crippen molar-refractivity contribution in [1.82, 2.24) is 19.1 Å². The van der Waals surface area contributed by atoms with Crippen LogP contribution in [0.3, 0.4) is 0 Å². The van der Waals surface area contributed by atoms with Crippen LogP contribution in [0.2, 0.25) is 0 Å². The van der Waals surface area contributed by atoms with E-state index in [4.69, 9.17) is 9.97 Å². The highest BCUT2D eigenvalue weighted by Gasteiger charge is 2.33. The number of pyridine rings is 2. The van der Waals surface area contributed by atoms with Crippen LogP contribution in [-0.2, 0) is 0 Å². The number of aromatic nitrogens is 4. The van der Waals surface area contributed by atoms with Gasteiger partial charge in [0.1, 0.15) is 6.07 Å². The summed E-state index contributed by atoms with van der Waals surface area (Å²) in [6.07, 6.45) is 3.76. The lowest BCUT2D eigenvalue weighted by atomic mass is 9.88. The van der Waals surface area contributed by atoms with Crippen molar-refractivity contribution in [2.24, 2.45) is 0 Å². The highest BCUT2D eigenvalue weighted by molar-refractivity contribution is 7.27. The van der Waals surface area contributed by atoms with Crippen molar-refractivity contribution in [1.29, 1.82) is 5.26 Å². The molecule has 0 unspecified atom stereocenters. The van der Waals surface area contributed by atoms with Gasteiger partial charge in [-0.2, -0.15) is 5.26 Å². The Bertz CT molecular complexity index is 4670. The first-order chi connectivity index (χ1) is 33.7. The summed E-state index contributed by atoms with van der Waals surface area (Å²) in [5.74, 6) is 0. The zero-order chi connectivity index (χ0) is 44.8. The van der Waals surface area contributed by atoms with Gasteiger partial charge in [0.2, 0.25) is 5.69 Å². The normalized spacial score (nSPS) is 12.1. The van der Waals surface area contributed by atoms with E-state index >= 15 is 0 Å². The van der Waals surface area contributed by atoms with Crippen LogP contribution >= 0.6 is 22.7 Å². The minimum Gasteiger partial charge on any atom is -0.318 e. The van der Waals surface area contributed by atoms with Crippen LogP contribution in [0.25, 0.3) is 144 Å². The largest absolute Gasteiger partial charge is 0.318 e. The van der Waals surface area contributed by atoms with Gasteiger partial charge in [0, 0.05) is 91.5 Å². The van der Waals surface area contributed by atoms with Crippen molar-refractivity contribution in [3.63, 3.8) is 0 Å². The zero-order valence-corrected chi connectivity index (χ0v) is 37.5. The molecule has 0 fully saturated rings. The molecule has 0 radical (unpaired) electrons. The maximum atomic E-state index is 12.1. The maximum absolute atomic E-state index is 12.1. The summed E-state index contributed by atoms with van der Waals surface area (Å²) in [6, 6.07) is 62.1. The number of thiophene rings is 2. The summed E-state index contributed by atoms with van der Waals surface area (Å²) in [5.41, 5.74) is 10.9. The summed E-state index contributed by atoms with van der Waals surface area (Å²) < 4.78 is 9.43. The van der Waals surface area contributed by atoms with E-state index in [-0.39, 0.29) is 0 Å². The first kappa shape index (κ1) is 37.3. The molecule has 0 aliphatic heterocycles. The third-order valence-corrected chi connectivity index (χ3v) is 16.3. The molecule has 0 spiro atoms. The molecule has 68 heavy (non-hydrogen) atoms. The zero-order valence-electron chi connectivity index (χ0n) is 35.8. The Labute approximate surface area is 395 Å². The van der Waals surface area contributed by atoms with E-state index in [9.17, 15) is 11.8 Å². The predicted molar refractivity (Wildman–Crippen MR) is 285 cm³/mol. The third kappa shape index (κ3) is 4.77. The Morgan fingerprint density at radius 2 is 1.01 bits per heavy atom. The first-order valence-corrected chi connectivity index (χ1v) is 24.0. The average Bonchev–Trinajstić information content (AvgIpc) is 4.16. The third-order valence-electron chi connectivity index (χ3n) is 14.0. The fourth-order valence-electron chi connectivity index (χ4n) is 11.4. The molecule has 6 aromatic heterocycles. The molecule has 0 bridgehead atoms. The van der Waals surface area contributed by atoms with Gasteiger partial charge in [-0.1, -0.05) is 133 Å². The van der Waals surface area contributed by atoms with Crippen molar-refractivity contribution in [3.8, 4) is 39.7 Å². The van der Waals surface area contributed by atoms with E-state index in [2.05, 4.69) is 154 Å². The van der Waals surface area contributed by atoms with E-state index < -0.39 is 0 Å². The molecule has 6 heterocycles. The van der Waals surface area contributed by atoms with Crippen molar-refractivity contribution in [3.05, 3.63) is 199 Å². The minimum absolute atomic E-state index is 0.390. The van der Waals surface area contributed by atoms with Gasteiger partial charge in [-0.15, -0.1) is 22.7 Å². The van der Waals surface area contributed by atoms with Crippen LogP contribution in [0.15, 0.2) is 182 Å². The van der Waals surface area contributed by atoms with Crippen molar-refractivity contribution >= 4 is 134 Å². The van der Waals surface area contributed by atoms with Crippen LogP contribution in [0.1, 0.15) is 5.56 Å². The molecule has 6 nitrogen and oxygen atoms in total. The lowest BCUT2D eigenvalue weighted by Gasteiger charge is -2.25. The summed E-state index contributed by atoms with van der Waals surface area (Å²) in [7, 11) is 0. The van der Waals surface area contributed by atoms with Crippen LogP contribution in [0.5, 0.6) is 0 Å². The molecule has 0 atom stereocenters. The second-order valence-corrected chi connectivity index (χ2v) is 19.5. The van der Waals surface area contributed by atoms with Gasteiger partial charge in [-0.05, 0) is 47.5 Å². The standard InChI is InChI=1S/C60H30N6S2/c1-62-56-48(33-14-4-2-5-15-33)41(32-61)57(49(34-16-6-3-7-17-34)59(56)65-43-28-30-63-54-36-19-8-9-20-37(36)55-53(52(43)54)44(65)29-31-64-55)66-42-26-27-47-51(39-21-11-13-23-46(39)67-47)50(42)40-25-24-38-35-18-10-12-22-45(35)68-60(38)58(40)66/h2-31H.